The van der Waals surface area contributed by atoms with Gasteiger partial charge in [-0.25, -0.2) is 4.79 Å². The smallest absolute Gasteiger partial charge is 0.337 e. The minimum Gasteiger partial charge on any atom is -0.486 e. The van der Waals surface area contributed by atoms with Gasteiger partial charge in [0.15, 0.2) is 11.5 Å². The number of carbonyl (C=O) groups is 1. The van der Waals surface area contributed by atoms with Crippen molar-refractivity contribution in [1.82, 2.24) is 20.6 Å². The summed E-state index contributed by atoms with van der Waals surface area (Å²) in [5.74, 6) is -0.262. The van der Waals surface area contributed by atoms with Gasteiger partial charge in [-0.3, -0.25) is 0 Å². The van der Waals surface area contributed by atoms with Crippen LogP contribution in [0.3, 0.4) is 0 Å². The first-order chi connectivity index (χ1) is 11.2. The number of aromatic nitrogens is 4. The Kier molecular flexibility index (Phi) is 3.75. The fourth-order valence-electron chi connectivity index (χ4n) is 1.96. The van der Waals surface area contributed by atoms with E-state index in [1.54, 1.807) is 0 Å². The van der Waals surface area contributed by atoms with Gasteiger partial charge in [0.1, 0.15) is 24.9 Å². The molecular weight excluding hydrogens is 304 g/mol. The van der Waals surface area contributed by atoms with Crippen LogP contribution in [0, 0.1) is 11.3 Å². The number of ether oxygens (including phenoxy) is 2. The number of nitrogens with zero attached hydrogens (tertiary/aromatic N) is 4. The number of nitrogens with one attached hydrogen (secondary N) is 2. The number of carboxylic acid groups (broad SMARTS) is 1. The zero-order valence-corrected chi connectivity index (χ0v) is 11.6. The topological polar surface area (TPSA) is 146 Å². The van der Waals surface area contributed by atoms with E-state index in [0.717, 1.165) is 0 Å². The van der Waals surface area contributed by atoms with Crippen LogP contribution in [0.15, 0.2) is 18.3 Å². The Hall–Kier alpha value is -3.61. The van der Waals surface area contributed by atoms with Gasteiger partial charge in [0.05, 0.1) is 11.3 Å². The largest absolute Gasteiger partial charge is 0.486 e. The van der Waals surface area contributed by atoms with Gasteiger partial charge in [-0.2, -0.15) is 10.5 Å². The number of nitriles is 1. The second kappa shape index (κ2) is 6.02. The molecule has 0 atom stereocenters. The standard InChI is InChI=1S/C13H10N6O4/c14-5-7(12-16-18-19-17-12)6-15-9-4-11-10(22-1-2-23-11)3-8(9)13(20)21/h3-4,6,15H,1-2H2,(H,20,21)(H,16,17,18,19). The Balaban J connectivity index is 1.95. The Bertz CT molecular complexity index is 809. The molecule has 0 spiro atoms. The lowest BCUT2D eigenvalue weighted by Gasteiger charge is -2.20. The highest BCUT2D eigenvalue weighted by Crippen LogP contribution is 2.35. The molecular formula is C13H10N6O4. The average molecular weight is 314 g/mol. The molecule has 0 saturated carbocycles. The molecule has 23 heavy (non-hydrogen) atoms. The molecule has 1 aliphatic heterocycles. The van der Waals surface area contributed by atoms with Crippen LogP contribution in [0.4, 0.5) is 5.69 Å². The van der Waals surface area contributed by atoms with Crippen molar-refractivity contribution in [1.29, 1.82) is 5.26 Å². The van der Waals surface area contributed by atoms with Gasteiger partial charge in [0.2, 0.25) is 5.82 Å². The van der Waals surface area contributed by atoms with Crippen LogP contribution < -0.4 is 14.8 Å². The second-order valence-corrected chi connectivity index (χ2v) is 4.40. The van der Waals surface area contributed by atoms with Gasteiger partial charge in [-0.1, -0.05) is 0 Å². The number of aromatic carboxylic acids is 1. The van der Waals surface area contributed by atoms with Crippen molar-refractivity contribution in [3.63, 3.8) is 0 Å². The first kappa shape index (κ1) is 14.3. The number of tetrazole rings is 1. The van der Waals surface area contributed by atoms with E-state index in [-0.39, 0.29) is 22.6 Å². The maximum atomic E-state index is 11.4. The second-order valence-electron chi connectivity index (χ2n) is 4.40. The number of rotatable bonds is 4. The van der Waals surface area contributed by atoms with Crippen molar-refractivity contribution in [3.8, 4) is 17.6 Å². The normalized spacial score (nSPS) is 13.3. The minimum atomic E-state index is -1.14. The molecule has 3 N–H and O–H groups in total. The molecule has 10 nitrogen and oxygen atoms in total. The SMILES string of the molecule is N#CC(=CNc1cc2c(cc1C(=O)O)OCCO2)c1nn[nH]n1. The van der Waals surface area contributed by atoms with Gasteiger partial charge >= 0.3 is 5.97 Å². The van der Waals surface area contributed by atoms with Crippen molar-refractivity contribution in [2.75, 3.05) is 18.5 Å². The maximum Gasteiger partial charge on any atom is 0.337 e. The van der Waals surface area contributed by atoms with E-state index in [1.165, 1.54) is 18.3 Å². The minimum absolute atomic E-state index is 0.0177. The van der Waals surface area contributed by atoms with Crippen molar-refractivity contribution >= 4 is 17.2 Å². The van der Waals surface area contributed by atoms with Crippen LogP contribution in [-0.4, -0.2) is 44.9 Å². The molecule has 0 unspecified atom stereocenters. The molecule has 2 heterocycles. The van der Waals surface area contributed by atoms with E-state index in [9.17, 15) is 9.90 Å². The summed E-state index contributed by atoms with van der Waals surface area (Å²) in [7, 11) is 0. The molecule has 0 saturated heterocycles. The molecule has 1 aromatic carbocycles. The fourth-order valence-corrected chi connectivity index (χ4v) is 1.96. The van der Waals surface area contributed by atoms with E-state index in [2.05, 4.69) is 25.9 Å². The molecule has 1 aromatic heterocycles. The number of hydrogen-bond acceptors (Lipinski definition) is 8. The highest BCUT2D eigenvalue weighted by atomic mass is 16.6. The Morgan fingerprint density at radius 3 is 2.74 bits per heavy atom. The van der Waals surface area contributed by atoms with Crippen molar-refractivity contribution in [2.24, 2.45) is 0 Å². The lowest BCUT2D eigenvalue weighted by Crippen LogP contribution is -2.16. The number of aromatic amines is 1. The monoisotopic (exact) mass is 314 g/mol. The number of benzene rings is 1. The molecule has 116 valence electrons. The molecule has 3 rings (SSSR count). The Labute approximate surface area is 129 Å². The summed E-state index contributed by atoms with van der Waals surface area (Å²) in [5, 5.41) is 34.2. The lowest BCUT2D eigenvalue weighted by molar-refractivity contribution is 0.0697. The molecule has 0 amide bonds. The third-order valence-corrected chi connectivity index (χ3v) is 2.99. The molecule has 0 fully saturated rings. The van der Waals surface area contributed by atoms with Crippen LogP contribution >= 0.6 is 0 Å². The van der Waals surface area contributed by atoms with Crippen LogP contribution in [0.5, 0.6) is 11.5 Å². The number of allylic oxidation sites excluding steroid dienone is 1. The highest BCUT2D eigenvalue weighted by Gasteiger charge is 2.19. The van der Waals surface area contributed by atoms with Crippen LogP contribution in [0.1, 0.15) is 16.2 Å². The van der Waals surface area contributed by atoms with Gasteiger partial charge in [0.25, 0.3) is 0 Å². The van der Waals surface area contributed by atoms with Crippen molar-refractivity contribution in [3.05, 3.63) is 29.7 Å². The molecule has 10 heteroatoms. The quantitative estimate of drug-likeness (QED) is 0.692. The number of anilines is 1. The number of hydrogen-bond donors (Lipinski definition) is 3. The van der Waals surface area contributed by atoms with E-state index < -0.39 is 5.97 Å². The lowest BCUT2D eigenvalue weighted by atomic mass is 10.1. The van der Waals surface area contributed by atoms with E-state index in [4.69, 9.17) is 14.7 Å². The summed E-state index contributed by atoms with van der Waals surface area (Å²) < 4.78 is 10.8. The summed E-state index contributed by atoms with van der Waals surface area (Å²) in [4.78, 5) is 11.4. The molecule has 1 aliphatic rings. The summed E-state index contributed by atoms with van der Waals surface area (Å²) in [6, 6.07) is 4.76. The van der Waals surface area contributed by atoms with E-state index >= 15 is 0 Å². The van der Waals surface area contributed by atoms with E-state index in [1.807, 2.05) is 6.07 Å². The highest BCUT2D eigenvalue weighted by molar-refractivity contribution is 5.96. The third-order valence-electron chi connectivity index (χ3n) is 2.99. The molecule has 2 aromatic rings. The summed E-state index contributed by atoms with van der Waals surface area (Å²) >= 11 is 0. The summed E-state index contributed by atoms with van der Waals surface area (Å²) in [5.41, 5.74) is 0.318. The number of H-pyrrole nitrogens is 1. The first-order valence-corrected chi connectivity index (χ1v) is 6.46. The zero-order valence-electron chi connectivity index (χ0n) is 11.6. The maximum absolute atomic E-state index is 11.4. The average Bonchev–Trinajstić information content (AvgIpc) is 3.09. The van der Waals surface area contributed by atoms with Gasteiger partial charge in [0, 0.05) is 18.3 Å². The zero-order chi connectivity index (χ0) is 16.2. The summed E-state index contributed by atoms with van der Waals surface area (Å²) in [6.07, 6.45) is 1.29. The van der Waals surface area contributed by atoms with Crippen LogP contribution in [0.25, 0.3) is 5.57 Å². The Morgan fingerprint density at radius 1 is 1.39 bits per heavy atom. The van der Waals surface area contributed by atoms with Crippen molar-refractivity contribution in [2.45, 2.75) is 0 Å². The predicted octanol–water partition coefficient (Wildman–Crippen LogP) is 0.646. The van der Waals surface area contributed by atoms with E-state index in [0.29, 0.717) is 24.7 Å². The predicted molar refractivity (Wildman–Crippen MR) is 75.8 cm³/mol. The molecule has 0 bridgehead atoms. The van der Waals surface area contributed by atoms with Gasteiger partial charge < -0.3 is 19.9 Å². The first-order valence-electron chi connectivity index (χ1n) is 6.46. The molecule has 0 aliphatic carbocycles. The summed E-state index contributed by atoms with van der Waals surface area (Å²) in [6.45, 7) is 0.732. The number of fused-ring (bicyclic) bond motifs is 1. The van der Waals surface area contributed by atoms with Crippen molar-refractivity contribution < 1.29 is 19.4 Å². The fraction of sp³-hybridized carbons (Fsp3) is 0.154. The van der Waals surface area contributed by atoms with Crippen LogP contribution in [0.2, 0.25) is 0 Å². The number of carboxylic acids is 1. The molecule has 0 radical (unpaired) electrons. The van der Waals surface area contributed by atoms with Crippen LogP contribution in [-0.2, 0) is 0 Å². The van der Waals surface area contributed by atoms with Gasteiger partial charge in [-0.15, -0.1) is 10.2 Å². The Morgan fingerprint density at radius 2 is 2.13 bits per heavy atom. The third kappa shape index (κ3) is 2.88. The van der Waals surface area contributed by atoms with Gasteiger partial charge in [-0.05, 0) is 5.21 Å².